The van der Waals surface area contributed by atoms with Gasteiger partial charge in [-0.15, -0.1) is 0 Å². The molecule has 1 heterocycles. The van der Waals surface area contributed by atoms with Crippen molar-refractivity contribution in [2.24, 2.45) is 0 Å². The molecule has 0 aromatic carbocycles. The van der Waals surface area contributed by atoms with E-state index in [0.29, 0.717) is 6.54 Å². The van der Waals surface area contributed by atoms with Gasteiger partial charge in [0.05, 0.1) is 3.92 Å². The summed E-state index contributed by atoms with van der Waals surface area (Å²) in [5, 5.41) is 2.94. The molecule has 42 valence electrons. The molecule has 0 radical (unpaired) electrons. The fourth-order valence-corrected chi connectivity index (χ4v) is 1.18. The van der Waals surface area contributed by atoms with Crippen molar-refractivity contribution in [3.8, 4) is 0 Å². The standard InChI is InChI=1S/C4H7FIN/c5-3-1-7-2-4(3)6/h3-4,7H,1-2H2/t3-,4+/m0/s1. The molecule has 1 aliphatic heterocycles. The van der Waals surface area contributed by atoms with E-state index in [9.17, 15) is 4.39 Å². The Morgan fingerprint density at radius 2 is 2.29 bits per heavy atom. The summed E-state index contributed by atoms with van der Waals surface area (Å²) in [7, 11) is 0. The molecule has 3 heteroatoms. The highest BCUT2D eigenvalue weighted by Gasteiger charge is 2.22. The van der Waals surface area contributed by atoms with Crippen LogP contribution >= 0.6 is 22.6 Å². The van der Waals surface area contributed by atoms with E-state index < -0.39 is 6.17 Å². The Hall–Kier alpha value is 0.620. The van der Waals surface area contributed by atoms with Crippen LogP contribution in [0.2, 0.25) is 0 Å². The molecule has 0 unspecified atom stereocenters. The first kappa shape index (κ1) is 5.75. The lowest BCUT2D eigenvalue weighted by Crippen LogP contribution is -2.10. The lowest BCUT2D eigenvalue weighted by Gasteiger charge is -1.97. The van der Waals surface area contributed by atoms with Gasteiger partial charge in [0.2, 0.25) is 0 Å². The van der Waals surface area contributed by atoms with Gasteiger partial charge < -0.3 is 5.32 Å². The summed E-state index contributed by atoms with van der Waals surface area (Å²) in [4.78, 5) is 0. The smallest absolute Gasteiger partial charge is 0.125 e. The third-order valence-corrected chi connectivity index (χ3v) is 2.29. The predicted molar refractivity (Wildman–Crippen MR) is 35.6 cm³/mol. The molecule has 1 N–H and O–H groups in total. The minimum Gasteiger partial charge on any atom is -0.313 e. The summed E-state index contributed by atoms with van der Waals surface area (Å²) >= 11 is 2.12. The van der Waals surface area contributed by atoms with Crippen LogP contribution in [-0.4, -0.2) is 23.2 Å². The Bertz CT molecular complexity index is 60.7. The van der Waals surface area contributed by atoms with E-state index in [0.717, 1.165) is 6.54 Å². The van der Waals surface area contributed by atoms with Gasteiger partial charge in [0.25, 0.3) is 0 Å². The van der Waals surface area contributed by atoms with Crippen LogP contribution in [-0.2, 0) is 0 Å². The van der Waals surface area contributed by atoms with Gasteiger partial charge in [-0.1, -0.05) is 22.6 Å². The number of nitrogens with one attached hydrogen (secondary N) is 1. The van der Waals surface area contributed by atoms with Crippen molar-refractivity contribution in [2.45, 2.75) is 10.1 Å². The van der Waals surface area contributed by atoms with Crippen molar-refractivity contribution >= 4 is 22.6 Å². The van der Waals surface area contributed by atoms with Gasteiger partial charge >= 0.3 is 0 Å². The average Bonchev–Trinajstić information content (AvgIpc) is 1.91. The van der Waals surface area contributed by atoms with Crippen molar-refractivity contribution in [1.82, 2.24) is 5.32 Å². The van der Waals surface area contributed by atoms with Crippen molar-refractivity contribution in [1.29, 1.82) is 0 Å². The molecule has 0 aromatic heterocycles. The van der Waals surface area contributed by atoms with E-state index in [-0.39, 0.29) is 3.92 Å². The van der Waals surface area contributed by atoms with Crippen molar-refractivity contribution < 1.29 is 4.39 Å². The van der Waals surface area contributed by atoms with Gasteiger partial charge in [-0.05, 0) is 0 Å². The van der Waals surface area contributed by atoms with Crippen LogP contribution < -0.4 is 5.32 Å². The maximum Gasteiger partial charge on any atom is 0.125 e. The van der Waals surface area contributed by atoms with Gasteiger partial charge in [-0.25, -0.2) is 4.39 Å². The number of hydrogen-bond acceptors (Lipinski definition) is 1. The number of rotatable bonds is 0. The number of halogens is 2. The largest absolute Gasteiger partial charge is 0.313 e. The van der Waals surface area contributed by atoms with Crippen LogP contribution in [0, 0.1) is 0 Å². The first-order chi connectivity index (χ1) is 3.30. The molecule has 1 nitrogen and oxygen atoms in total. The Morgan fingerprint density at radius 1 is 1.57 bits per heavy atom. The van der Waals surface area contributed by atoms with E-state index in [1.807, 2.05) is 0 Å². The highest BCUT2D eigenvalue weighted by atomic mass is 127. The maximum absolute atomic E-state index is 12.2. The first-order valence-corrected chi connectivity index (χ1v) is 3.54. The van der Waals surface area contributed by atoms with Crippen LogP contribution in [0.15, 0.2) is 0 Å². The second-order valence-corrected chi connectivity index (χ2v) is 3.29. The monoisotopic (exact) mass is 215 g/mol. The molecule has 1 aliphatic rings. The van der Waals surface area contributed by atoms with E-state index in [4.69, 9.17) is 0 Å². The molecule has 1 fully saturated rings. The minimum atomic E-state index is -0.611. The zero-order valence-corrected chi connectivity index (χ0v) is 5.98. The summed E-state index contributed by atoms with van der Waals surface area (Å²) in [5.74, 6) is 0. The fourth-order valence-electron chi connectivity index (χ4n) is 0.615. The van der Waals surface area contributed by atoms with Crippen LogP contribution in [0.5, 0.6) is 0 Å². The molecule has 2 atom stereocenters. The summed E-state index contributed by atoms with van der Waals surface area (Å²) in [6, 6.07) is 0. The number of hydrogen-bond donors (Lipinski definition) is 1. The van der Waals surface area contributed by atoms with Gasteiger partial charge in [0, 0.05) is 13.1 Å². The van der Waals surface area contributed by atoms with Gasteiger partial charge in [0.15, 0.2) is 0 Å². The van der Waals surface area contributed by atoms with Gasteiger partial charge in [-0.2, -0.15) is 0 Å². The highest BCUT2D eigenvalue weighted by molar-refractivity contribution is 14.1. The molecule has 7 heavy (non-hydrogen) atoms. The second-order valence-electron chi connectivity index (χ2n) is 1.69. The highest BCUT2D eigenvalue weighted by Crippen LogP contribution is 2.12. The zero-order valence-electron chi connectivity index (χ0n) is 3.82. The molecule has 0 saturated carbocycles. The molecule has 1 rings (SSSR count). The third kappa shape index (κ3) is 1.25. The molecule has 0 aliphatic carbocycles. The van der Waals surface area contributed by atoms with Crippen LogP contribution in [0.3, 0.4) is 0 Å². The van der Waals surface area contributed by atoms with Crippen LogP contribution in [0.25, 0.3) is 0 Å². The second kappa shape index (κ2) is 2.26. The van der Waals surface area contributed by atoms with Crippen molar-refractivity contribution in [2.75, 3.05) is 13.1 Å². The Labute approximate surface area is 55.8 Å². The van der Waals surface area contributed by atoms with Crippen LogP contribution in [0.4, 0.5) is 4.39 Å². The topological polar surface area (TPSA) is 12.0 Å². The maximum atomic E-state index is 12.2. The number of alkyl halides is 2. The molecule has 1 saturated heterocycles. The molecule has 0 spiro atoms. The van der Waals surface area contributed by atoms with E-state index in [1.54, 1.807) is 0 Å². The van der Waals surface area contributed by atoms with E-state index >= 15 is 0 Å². The Kier molecular flexibility index (Phi) is 1.86. The summed E-state index contributed by atoms with van der Waals surface area (Å²) < 4.78 is 12.5. The molecule has 0 aromatic rings. The molecule has 0 bridgehead atoms. The zero-order chi connectivity index (χ0) is 5.28. The van der Waals surface area contributed by atoms with Gasteiger partial charge in [0.1, 0.15) is 6.17 Å². The minimum absolute atomic E-state index is 0.206. The Morgan fingerprint density at radius 3 is 2.43 bits per heavy atom. The van der Waals surface area contributed by atoms with Crippen molar-refractivity contribution in [3.05, 3.63) is 0 Å². The normalized spacial score (nSPS) is 42.0. The summed E-state index contributed by atoms with van der Waals surface area (Å²) in [6.45, 7) is 1.38. The third-order valence-electron chi connectivity index (χ3n) is 1.07. The lowest BCUT2D eigenvalue weighted by molar-refractivity contribution is 0.373. The summed E-state index contributed by atoms with van der Waals surface area (Å²) in [5.41, 5.74) is 0. The fraction of sp³-hybridized carbons (Fsp3) is 1.00. The quantitative estimate of drug-likeness (QED) is 0.464. The first-order valence-electron chi connectivity index (χ1n) is 2.29. The van der Waals surface area contributed by atoms with Crippen LogP contribution in [0.1, 0.15) is 0 Å². The SMILES string of the molecule is F[C@H]1CNC[C@H]1I. The lowest BCUT2D eigenvalue weighted by atomic mass is 10.3. The molecule has 0 amide bonds. The van der Waals surface area contributed by atoms with E-state index in [2.05, 4.69) is 27.9 Å². The molecular weight excluding hydrogens is 208 g/mol. The van der Waals surface area contributed by atoms with Gasteiger partial charge in [-0.3, -0.25) is 0 Å². The van der Waals surface area contributed by atoms with E-state index in [1.165, 1.54) is 0 Å². The summed E-state index contributed by atoms with van der Waals surface area (Å²) in [6.07, 6.45) is -0.611. The average molecular weight is 215 g/mol. The predicted octanol–water partition coefficient (Wildman–Crippen LogP) is 0.731. The Balaban J connectivity index is 2.33. The van der Waals surface area contributed by atoms with Crippen molar-refractivity contribution in [3.63, 3.8) is 0 Å². The molecular formula is C4H7FIN.